The fourth-order valence-electron chi connectivity index (χ4n) is 2.46. The number of hydrogen-bond donors (Lipinski definition) is 2. The molecule has 98 valence electrons. The van der Waals surface area contributed by atoms with Gasteiger partial charge in [0.25, 0.3) is 0 Å². The molecule has 0 radical (unpaired) electrons. The van der Waals surface area contributed by atoms with Gasteiger partial charge in [-0.05, 0) is 30.5 Å². The van der Waals surface area contributed by atoms with Crippen LogP contribution in [0, 0.1) is 0 Å². The molecule has 0 bridgehead atoms. The molecule has 1 fully saturated rings. The van der Waals surface area contributed by atoms with Crippen LogP contribution in [0.15, 0.2) is 24.5 Å². The van der Waals surface area contributed by atoms with Crippen LogP contribution in [0.3, 0.4) is 0 Å². The van der Waals surface area contributed by atoms with Crippen molar-refractivity contribution in [1.82, 2.24) is 10.3 Å². The van der Waals surface area contributed by atoms with Crippen LogP contribution in [0.4, 0.5) is 0 Å². The Bertz CT molecular complexity index is 380. The lowest BCUT2D eigenvalue weighted by Crippen LogP contribution is -2.47. The zero-order valence-corrected chi connectivity index (χ0v) is 10.6. The van der Waals surface area contributed by atoms with Gasteiger partial charge in [-0.3, -0.25) is 9.78 Å². The standard InChI is InChI=1S/C14H21N3O/c15-12-4-2-1-3-5-13(12)17-14(18)10-11-6-8-16-9-7-11/h6-9,12-13H,1-5,10,15H2,(H,17,18). The Morgan fingerprint density at radius 1 is 1.28 bits per heavy atom. The Kier molecular flexibility index (Phi) is 4.70. The maximum Gasteiger partial charge on any atom is 0.224 e. The van der Waals surface area contributed by atoms with Gasteiger partial charge in [0.15, 0.2) is 0 Å². The number of hydrogen-bond acceptors (Lipinski definition) is 3. The van der Waals surface area contributed by atoms with Crippen LogP contribution < -0.4 is 11.1 Å². The van der Waals surface area contributed by atoms with Gasteiger partial charge in [-0.2, -0.15) is 0 Å². The van der Waals surface area contributed by atoms with Crippen LogP contribution in [0.25, 0.3) is 0 Å². The molecular weight excluding hydrogens is 226 g/mol. The van der Waals surface area contributed by atoms with Crippen molar-refractivity contribution in [3.8, 4) is 0 Å². The Labute approximate surface area is 108 Å². The summed E-state index contributed by atoms with van der Waals surface area (Å²) in [4.78, 5) is 15.9. The summed E-state index contributed by atoms with van der Waals surface area (Å²) in [6.07, 6.45) is 9.41. The number of aromatic nitrogens is 1. The van der Waals surface area contributed by atoms with Gasteiger partial charge in [0, 0.05) is 24.5 Å². The first-order valence-electron chi connectivity index (χ1n) is 6.69. The molecule has 0 spiro atoms. The summed E-state index contributed by atoms with van der Waals surface area (Å²) in [5, 5.41) is 3.07. The SMILES string of the molecule is NC1CCCCCC1NC(=O)Cc1ccncc1. The van der Waals surface area contributed by atoms with Crippen molar-refractivity contribution in [3.63, 3.8) is 0 Å². The highest BCUT2D eigenvalue weighted by Gasteiger charge is 2.21. The molecule has 1 aromatic heterocycles. The molecule has 18 heavy (non-hydrogen) atoms. The molecule has 2 unspecified atom stereocenters. The third kappa shape index (κ3) is 3.81. The summed E-state index contributed by atoms with van der Waals surface area (Å²) in [6, 6.07) is 3.98. The molecule has 2 atom stereocenters. The molecule has 1 aliphatic carbocycles. The van der Waals surface area contributed by atoms with Crippen molar-refractivity contribution >= 4 is 5.91 Å². The second-order valence-electron chi connectivity index (χ2n) is 5.01. The lowest BCUT2D eigenvalue weighted by Gasteiger charge is -2.22. The highest BCUT2D eigenvalue weighted by atomic mass is 16.1. The van der Waals surface area contributed by atoms with Gasteiger partial charge < -0.3 is 11.1 Å². The maximum atomic E-state index is 12.0. The molecule has 4 heteroatoms. The first kappa shape index (κ1) is 13.0. The monoisotopic (exact) mass is 247 g/mol. The topological polar surface area (TPSA) is 68.0 Å². The van der Waals surface area contributed by atoms with Crippen LogP contribution in [0.1, 0.15) is 37.7 Å². The van der Waals surface area contributed by atoms with Crippen molar-refractivity contribution < 1.29 is 4.79 Å². The molecular formula is C14H21N3O. The minimum absolute atomic E-state index is 0.0588. The number of rotatable bonds is 3. The van der Waals surface area contributed by atoms with Gasteiger partial charge in [0.1, 0.15) is 0 Å². The van der Waals surface area contributed by atoms with Crippen LogP contribution >= 0.6 is 0 Å². The van der Waals surface area contributed by atoms with Crippen LogP contribution in [0.2, 0.25) is 0 Å². The Balaban J connectivity index is 1.86. The fourth-order valence-corrected chi connectivity index (χ4v) is 2.46. The molecule has 0 saturated heterocycles. The minimum atomic E-state index is 0.0588. The van der Waals surface area contributed by atoms with E-state index in [2.05, 4.69) is 10.3 Å². The Hall–Kier alpha value is -1.42. The lowest BCUT2D eigenvalue weighted by atomic mass is 10.0. The average molecular weight is 247 g/mol. The van der Waals surface area contributed by atoms with E-state index in [0.29, 0.717) is 6.42 Å². The number of carbonyl (C=O) groups is 1. The molecule has 1 amide bonds. The predicted molar refractivity (Wildman–Crippen MR) is 70.9 cm³/mol. The van der Waals surface area contributed by atoms with E-state index in [4.69, 9.17) is 5.73 Å². The number of pyridine rings is 1. The lowest BCUT2D eigenvalue weighted by molar-refractivity contribution is -0.121. The van der Waals surface area contributed by atoms with Gasteiger partial charge in [-0.15, -0.1) is 0 Å². The van der Waals surface area contributed by atoms with Crippen LogP contribution in [0.5, 0.6) is 0 Å². The summed E-state index contributed by atoms with van der Waals surface area (Å²) < 4.78 is 0. The average Bonchev–Trinajstić information content (AvgIpc) is 2.56. The summed E-state index contributed by atoms with van der Waals surface area (Å²) in [6.45, 7) is 0. The third-order valence-corrected chi connectivity index (χ3v) is 3.53. The van der Waals surface area contributed by atoms with Crippen LogP contribution in [-0.2, 0) is 11.2 Å². The highest BCUT2D eigenvalue weighted by molar-refractivity contribution is 5.78. The van der Waals surface area contributed by atoms with E-state index in [1.165, 1.54) is 12.8 Å². The maximum absolute atomic E-state index is 12.0. The van der Waals surface area contributed by atoms with Gasteiger partial charge in [-0.25, -0.2) is 0 Å². The third-order valence-electron chi connectivity index (χ3n) is 3.53. The number of nitrogens with one attached hydrogen (secondary N) is 1. The molecule has 1 heterocycles. The van der Waals surface area contributed by atoms with Crippen molar-refractivity contribution in [2.45, 2.75) is 50.6 Å². The van der Waals surface area contributed by atoms with Crippen LogP contribution in [-0.4, -0.2) is 23.0 Å². The largest absolute Gasteiger partial charge is 0.352 e. The number of amides is 1. The van der Waals surface area contributed by atoms with E-state index < -0.39 is 0 Å². The summed E-state index contributed by atoms with van der Waals surface area (Å²) in [7, 11) is 0. The Morgan fingerprint density at radius 2 is 2.00 bits per heavy atom. The summed E-state index contributed by atoms with van der Waals surface area (Å²) in [5.74, 6) is 0.0588. The van der Waals surface area contributed by atoms with E-state index in [1.807, 2.05) is 12.1 Å². The van der Waals surface area contributed by atoms with Crippen molar-refractivity contribution in [3.05, 3.63) is 30.1 Å². The number of carbonyl (C=O) groups excluding carboxylic acids is 1. The normalized spacial score (nSPS) is 24.3. The number of nitrogens with two attached hydrogens (primary N) is 1. The first-order chi connectivity index (χ1) is 8.75. The molecule has 1 aliphatic rings. The zero-order valence-electron chi connectivity index (χ0n) is 10.6. The van der Waals surface area contributed by atoms with E-state index in [-0.39, 0.29) is 18.0 Å². The number of nitrogens with zero attached hydrogens (tertiary/aromatic N) is 1. The van der Waals surface area contributed by atoms with Gasteiger partial charge in [-0.1, -0.05) is 19.3 Å². The molecule has 1 saturated carbocycles. The molecule has 0 aromatic carbocycles. The second kappa shape index (κ2) is 6.50. The molecule has 0 aliphatic heterocycles. The fraction of sp³-hybridized carbons (Fsp3) is 0.571. The zero-order chi connectivity index (χ0) is 12.8. The van der Waals surface area contributed by atoms with E-state index in [1.54, 1.807) is 12.4 Å². The molecule has 3 N–H and O–H groups in total. The van der Waals surface area contributed by atoms with Crippen molar-refractivity contribution in [1.29, 1.82) is 0 Å². The van der Waals surface area contributed by atoms with Gasteiger partial charge >= 0.3 is 0 Å². The van der Waals surface area contributed by atoms with E-state index in [9.17, 15) is 4.79 Å². The minimum Gasteiger partial charge on any atom is -0.352 e. The second-order valence-corrected chi connectivity index (χ2v) is 5.01. The quantitative estimate of drug-likeness (QED) is 0.793. The Morgan fingerprint density at radius 3 is 2.78 bits per heavy atom. The van der Waals surface area contributed by atoms with Gasteiger partial charge in [0.05, 0.1) is 6.42 Å². The van der Waals surface area contributed by atoms with Gasteiger partial charge in [0.2, 0.25) is 5.91 Å². The molecule has 1 aromatic rings. The van der Waals surface area contributed by atoms with E-state index >= 15 is 0 Å². The van der Waals surface area contributed by atoms with Crippen molar-refractivity contribution in [2.24, 2.45) is 5.73 Å². The predicted octanol–water partition coefficient (Wildman–Crippen LogP) is 1.40. The summed E-state index contributed by atoms with van der Waals surface area (Å²) in [5.41, 5.74) is 7.09. The molecule has 4 nitrogen and oxygen atoms in total. The van der Waals surface area contributed by atoms with Crippen molar-refractivity contribution in [2.75, 3.05) is 0 Å². The summed E-state index contributed by atoms with van der Waals surface area (Å²) >= 11 is 0. The smallest absolute Gasteiger partial charge is 0.224 e. The van der Waals surface area contributed by atoms with E-state index in [0.717, 1.165) is 24.8 Å². The molecule has 2 rings (SSSR count). The highest BCUT2D eigenvalue weighted by Crippen LogP contribution is 2.16. The first-order valence-corrected chi connectivity index (χ1v) is 6.69.